The number of rotatable bonds is 4. The van der Waals surface area contributed by atoms with Crippen LogP contribution in [0, 0.1) is 10.8 Å². The van der Waals surface area contributed by atoms with Gasteiger partial charge in [-0.3, -0.25) is 4.79 Å². The Morgan fingerprint density at radius 2 is 1.71 bits per heavy atom. The molecule has 10 heteroatoms. The molecule has 7 rings (SSSR count). The summed E-state index contributed by atoms with van der Waals surface area (Å²) in [6, 6.07) is 10.0. The van der Waals surface area contributed by atoms with Gasteiger partial charge in [-0.05, 0) is 31.0 Å². The second-order valence-electron chi connectivity index (χ2n) is 11.9. The summed E-state index contributed by atoms with van der Waals surface area (Å²) in [6.45, 7) is 6.52. The van der Waals surface area contributed by atoms with Crippen LogP contribution in [0.2, 0.25) is 0 Å². The van der Waals surface area contributed by atoms with E-state index in [1.54, 1.807) is 13.1 Å². The van der Waals surface area contributed by atoms with Gasteiger partial charge in [0.15, 0.2) is 0 Å². The monoisotopic (exact) mass is 519 g/mol. The van der Waals surface area contributed by atoms with Crippen LogP contribution in [-0.2, 0) is 4.79 Å². The number of amides is 1. The number of likely N-dealkylation sites (tertiary alicyclic amines) is 1. The molecule has 3 aliphatic heterocycles. The minimum atomic E-state index is -2.48. The fourth-order valence-electron chi connectivity index (χ4n) is 7.01. The lowest BCUT2D eigenvalue weighted by Gasteiger charge is -2.59. The molecule has 1 saturated carbocycles. The molecule has 8 nitrogen and oxygen atoms in total. The first kappa shape index (κ1) is 23.5. The molecule has 3 saturated heterocycles. The van der Waals surface area contributed by atoms with E-state index in [9.17, 15) is 13.6 Å². The fraction of sp³-hybridized carbons (Fsp3) is 0.500. The van der Waals surface area contributed by atoms with Gasteiger partial charge in [0.1, 0.15) is 5.82 Å². The molecule has 2 aromatic heterocycles. The highest BCUT2D eigenvalue weighted by molar-refractivity contribution is 5.91. The lowest BCUT2D eigenvalue weighted by atomic mass is 9.61. The van der Waals surface area contributed by atoms with Crippen LogP contribution in [0.4, 0.5) is 31.9 Å². The summed E-state index contributed by atoms with van der Waals surface area (Å²) < 4.78 is 26.6. The predicted octanol–water partition coefficient (Wildman–Crippen LogP) is 4.45. The van der Waals surface area contributed by atoms with E-state index < -0.39 is 5.92 Å². The second kappa shape index (κ2) is 8.22. The largest absolute Gasteiger partial charge is 0.369 e. The van der Waals surface area contributed by atoms with E-state index in [1.807, 2.05) is 35.4 Å². The molecule has 1 aromatic carbocycles. The van der Waals surface area contributed by atoms with Crippen LogP contribution in [-0.4, -0.2) is 71.0 Å². The number of anilines is 4. The average molecular weight is 520 g/mol. The first-order valence-corrected chi connectivity index (χ1v) is 13.3. The molecule has 1 unspecified atom stereocenters. The number of fused-ring (bicyclic) bond motifs is 1. The minimum Gasteiger partial charge on any atom is -0.369 e. The van der Waals surface area contributed by atoms with Gasteiger partial charge in [-0.25, -0.2) is 23.7 Å². The lowest BCUT2D eigenvalue weighted by molar-refractivity contribution is -0.170. The number of halogens is 2. The molecular formula is C28H31F2N7O. The number of alkyl halides is 2. The van der Waals surface area contributed by atoms with Crippen molar-refractivity contribution in [1.82, 2.24) is 19.9 Å². The van der Waals surface area contributed by atoms with Crippen molar-refractivity contribution in [3.05, 3.63) is 42.7 Å². The van der Waals surface area contributed by atoms with Crippen molar-refractivity contribution < 1.29 is 13.6 Å². The highest BCUT2D eigenvalue weighted by atomic mass is 19.3. The zero-order chi connectivity index (χ0) is 26.1. The van der Waals surface area contributed by atoms with E-state index in [-0.39, 0.29) is 29.6 Å². The highest BCUT2D eigenvalue weighted by Gasteiger charge is 2.61. The van der Waals surface area contributed by atoms with Crippen molar-refractivity contribution in [2.75, 3.05) is 54.4 Å². The number of carbonyl (C=O) groups is 1. The summed E-state index contributed by atoms with van der Waals surface area (Å²) >= 11 is 0. The van der Waals surface area contributed by atoms with Crippen molar-refractivity contribution in [3.63, 3.8) is 0 Å². The minimum absolute atomic E-state index is 0.000129. The number of benzene rings is 1. The number of nitrogens with one attached hydrogen (secondary N) is 1. The van der Waals surface area contributed by atoms with Crippen LogP contribution >= 0.6 is 0 Å². The number of hydrogen-bond acceptors (Lipinski definition) is 7. The van der Waals surface area contributed by atoms with Crippen molar-refractivity contribution in [3.8, 4) is 0 Å². The molecule has 0 radical (unpaired) electrons. The molecule has 1 atom stereocenters. The first-order chi connectivity index (χ1) is 18.2. The summed E-state index contributed by atoms with van der Waals surface area (Å²) in [4.78, 5) is 32.2. The fourth-order valence-corrected chi connectivity index (χ4v) is 7.01. The second-order valence-corrected chi connectivity index (χ2v) is 11.9. The van der Waals surface area contributed by atoms with Crippen LogP contribution in [0.5, 0.6) is 0 Å². The average Bonchev–Trinajstić information content (AvgIpc) is 3.48. The number of para-hydroxylation sites is 1. The van der Waals surface area contributed by atoms with Crippen molar-refractivity contribution in [2.45, 2.75) is 38.5 Å². The Hall–Kier alpha value is -3.56. The molecule has 3 aromatic rings. The van der Waals surface area contributed by atoms with E-state index in [0.717, 1.165) is 61.3 Å². The van der Waals surface area contributed by atoms with Crippen LogP contribution in [0.3, 0.4) is 0 Å². The van der Waals surface area contributed by atoms with E-state index >= 15 is 0 Å². The summed E-state index contributed by atoms with van der Waals surface area (Å²) in [6.07, 6.45) is 5.71. The van der Waals surface area contributed by atoms with E-state index in [2.05, 4.69) is 31.2 Å². The van der Waals surface area contributed by atoms with Gasteiger partial charge in [-0.15, -0.1) is 0 Å². The number of aromatic nitrogens is 3. The molecular weight excluding hydrogens is 488 g/mol. The maximum atomic E-state index is 13.3. The molecule has 4 fully saturated rings. The molecule has 1 N–H and O–H groups in total. The Bertz CT molecular complexity index is 1400. The summed E-state index contributed by atoms with van der Waals surface area (Å²) in [5.74, 6) is -1.22. The Morgan fingerprint density at radius 3 is 2.42 bits per heavy atom. The van der Waals surface area contributed by atoms with Gasteiger partial charge in [0.2, 0.25) is 17.8 Å². The standard InChI is InChI=1S/C28H31F2N7O/c1-19(38)35-9-7-26(15-35)8-10-36(16-26)22-4-2-3-20-11-32-25(34-24(20)22)33-23-6-5-21(12-31-23)37-17-27(18-37)13-28(29,30)14-27/h2-6,11-12H,7-10,13-18H2,1H3,(H,31,32,33,34). The molecule has 1 amide bonds. The van der Waals surface area contributed by atoms with Crippen molar-refractivity contribution in [2.24, 2.45) is 10.8 Å². The molecule has 5 heterocycles. The van der Waals surface area contributed by atoms with Gasteiger partial charge in [-0.2, -0.15) is 0 Å². The normalized spacial score (nSPS) is 25.2. The zero-order valence-electron chi connectivity index (χ0n) is 21.5. The zero-order valence-corrected chi connectivity index (χ0v) is 21.5. The molecule has 1 aliphatic carbocycles. The van der Waals surface area contributed by atoms with Crippen molar-refractivity contribution in [1.29, 1.82) is 0 Å². The first-order valence-electron chi connectivity index (χ1n) is 13.3. The van der Waals surface area contributed by atoms with Gasteiger partial charge < -0.3 is 20.0 Å². The molecule has 4 aliphatic rings. The third kappa shape index (κ3) is 4.01. The SMILES string of the molecule is CC(=O)N1CCC2(CCN(c3cccc4cnc(Nc5ccc(N6CC7(C6)CC(F)(F)C7)cn5)nc34)C2)C1. The van der Waals surface area contributed by atoms with Crippen LogP contribution in [0.1, 0.15) is 32.6 Å². The quantitative estimate of drug-likeness (QED) is 0.546. The highest BCUT2D eigenvalue weighted by Crippen LogP contribution is 2.57. The lowest BCUT2D eigenvalue weighted by Crippen LogP contribution is -2.66. The Labute approximate surface area is 220 Å². The van der Waals surface area contributed by atoms with Crippen LogP contribution < -0.4 is 15.1 Å². The number of hydrogen-bond donors (Lipinski definition) is 1. The van der Waals surface area contributed by atoms with Crippen LogP contribution in [0.15, 0.2) is 42.7 Å². The molecule has 198 valence electrons. The summed E-state index contributed by atoms with van der Waals surface area (Å²) in [7, 11) is 0. The van der Waals surface area contributed by atoms with Gasteiger partial charge in [0.25, 0.3) is 0 Å². The van der Waals surface area contributed by atoms with Gasteiger partial charge >= 0.3 is 0 Å². The van der Waals surface area contributed by atoms with Gasteiger partial charge in [0, 0.05) is 81.4 Å². The van der Waals surface area contributed by atoms with E-state index in [4.69, 9.17) is 4.98 Å². The third-order valence-corrected chi connectivity index (χ3v) is 8.92. The van der Waals surface area contributed by atoms with Gasteiger partial charge in [0.05, 0.1) is 23.1 Å². The summed E-state index contributed by atoms with van der Waals surface area (Å²) in [5, 5.41) is 4.19. The van der Waals surface area contributed by atoms with Gasteiger partial charge in [-0.1, -0.05) is 12.1 Å². The van der Waals surface area contributed by atoms with E-state index in [0.29, 0.717) is 24.9 Å². The summed E-state index contributed by atoms with van der Waals surface area (Å²) in [5.41, 5.74) is 2.86. The third-order valence-electron chi connectivity index (χ3n) is 8.92. The maximum Gasteiger partial charge on any atom is 0.249 e. The number of pyridine rings is 1. The number of carbonyl (C=O) groups excluding carboxylic acids is 1. The maximum absolute atomic E-state index is 13.3. The van der Waals surface area contributed by atoms with Crippen LogP contribution in [0.25, 0.3) is 10.9 Å². The topological polar surface area (TPSA) is 77.5 Å². The Balaban J connectivity index is 1.05. The predicted molar refractivity (Wildman–Crippen MR) is 142 cm³/mol. The molecule has 38 heavy (non-hydrogen) atoms. The van der Waals surface area contributed by atoms with Crippen molar-refractivity contribution >= 4 is 40.0 Å². The Kier molecular flexibility index (Phi) is 5.09. The molecule has 0 bridgehead atoms. The number of nitrogens with zero attached hydrogens (tertiary/aromatic N) is 6. The molecule has 2 spiro atoms. The Morgan fingerprint density at radius 1 is 0.921 bits per heavy atom. The van der Waals surface area contributed by atoms with E-state index in [1.165, 1.54) is 0 Å². The smallest absolute Gasteiger partial charge is 0.249 e.